The molecule has 2 aliphatic rings. The molecule has 1 aliphatic carbocycles. The first-order valence-electron chi connectivity index (χ1n) is 5.49. The van der Waals surface area contributed by atoms with Gasteiger partial charge in [0.15, 0.2) is 0 Å². The van der Waals surface area contributed by atoms with Crippen molar-refractivity contribution in [2.45, 2.75) is 25.3 Å². The van der Waals surface area contributed by atoms with Crippen LogP contribution in [0.1, 0.15) is 25.0 Å². The summed E-state index contributed by atoms with van der Waals surface area (Å²) in [6, 6.07) is 6.60. The zero-order valence-electron chi connectivity index (χ0n) is 8.56. The summed E-state index contributed by atoms with van der Waals surface area (Å²) in [4.78, 5) is 6.57. The molecule has 76 valence electrons. The summed E-state index contributed by atoms with van der Waals surface area (Å²) >= 11 is 0. The minimum Gasteiger partial charge on any atom is -0.367 e. The second-order valence-electron chi connectivity index (χ2n) is 4.50. The van der Waals surface area contributed by atoms with Gasteiger partial charge in [0, 0.05) is 12.6 Å². The lowest BCUT2D eigenvalue weighted by Gasteiger charge is -2.28. The molecule has 2 heterocycles. The summed E-state index contributed by atoms with van der Waals surface area (Å²) in [5.41, 5.74) is 1.68. The van der Waals surface area contributed by atoms with Crippen molar-refractivity contribution in [2.75, 3.05) is 11.4 Å². The highest BCUT2D eigenvalue weighted by Gasteiger charge is 2.37. The molecule has 0 N–H and O–H groups in total. The summed E-state index contributed by atoms with van der Waals surface area (Å²) in [7, 11) is 0. The number of nitriles is 1. The van der Waals surface area contributed by atoms with E-state index in [1.807, 2.05) is 18.3 Å². The second kappa shape index (κ2) is 3.23. The van der Waals surface area contributed by atoms with Crippen LogP contribution in [-0.2, 0) is 0 Å². The number of piperidine rings is 1. The van der Waals surface area contributed by atoms with Gasteiger partial charge in [0.05, 0.1) is 11.9 Å². The average Bonchev–Trinajstić information content (AvgIpc) is 2.91. The van der Waals surface area contributed by atoms with Crippen molar-refractivity contribution in [1.29, 1.82) is 5.26 Å². The number of pyridine rings is 1. The van der Waals surface area contributed by atoms with E-state index in [9.17, 15) is 0 Å². The molecule has 0 amide bonds. The van der Waals surface area contributed by atoms with E-state index in [1.54, 1.807) is 6.07 Å². The maximum absolute atomic E-state index is 8.67. The lowest BCUT2D eigenvalue weighted by Crippen LogP contribution is -2.31. The van der Waals surface area contributed by atoms with Gasteiger partial charge in [-0.25, -0.2) is 4.98 Å². The van der Waals surface area contributed by atoms with Gasteiger partial charge in [-0.1, -0.05) is 0 Å². The van der Waals surface area contributed by atoms with Crippen molar-refractivity contribution < 1.29 is 0 Å². The molecule has 2 atom stereocenters. The molecule has 1 saturated heterocycles. The van der Waals surface area contributed by atoms with Crippen LogP contribution >= 0.6 is 0 Å². The third-order valence-electron chi connectivity index (χ3n) is 3.60. The number of hydrogen-bond acceptors (Lipinski definition) is 3. The van der Waals surface area contributed by atoms with Gasteiger partial charge in [-0.05, 0) is 37.3 Å². The third kappa shape index (κ3) is 1.37. The van der Waals surface area contributed by atoms with E-state index in [0.717, 1.165) is 12.0 Å². The molecule has 2 bridgehead atoms. The molecule has 3 nitrogen and oxygen atoms in total. The quantitative estimate of drug-likeness (QED) is 0.694. The van der Waals surface area contributed by atoms with Gasteiger partial charge >= 0.3 is 0 Å². The van der Waals surface area contributed by atoms with Crippen LogP contribution < -0.4 is 4.90 Å². The first kappa shape index (κ1) is 8.72. The Hall–Kier alpha value is -1.56. The molecule has 3 rings (SSSR count). The number of fused-ring (bicyclic) bond motifs is 2. The minimum atomic E-state index is 0.503. The predicted molar refractivity (Wildman–Crippen MR) is 57.4 cm³/mol. The summed E-state index contributed by atoms with van der Waals surface area (Å²) in [5.74, 6) is 0.894. The van der Waals surface area contributed by atoms with Gasteiger partial charge in [-0.15, -0.1) is 0 Å². The topological polar surface area (TPSA) is 39.9 Å². The molecule has 3 heteroatoms. The summed E-state index contributed by atoms with van der Waals surface area (Å²) in [5, 5.41) is 8.67. The van der Waals surface area contributed by atoms with E-state index in [2.05, 4.69) is 9.88 Å². The molecule has 1 aliphatic heterocycles. The largest absolute Gasteiger partial charge is 0.367 e. The molecule has 15 heavy (non-hydrogen) atoms. The van der Waals surface area contributed by atoms with Crippen molar-refractivity contribution in [3.63, 3.8) is 0 Å². The second-order valence-corrected chi connectivity index (χ2v) is 4.50. The van der Waals surface area contributed by atoms with E-state index in [0.29, 0.717) is 5.69 Å². The van der Waals surface area contributed by atoms with Crippen molar-refractivity contribution in [3.05, 3.63) is 24.0 Å². The number of rotatable bonds is 1. The summed E-state index contributed by atoms with van der Waals surface area (Å²) < 4.78 is 0. The Morgan fingerprint density at radius 1 is 1.40 bits per heavy atom. The first-order valence-corrected chi connectivity index (χ1v) is 5.49. The van der Waals surface area contributed by atoms with Crippen molar-refractivity contribution >= 4 is 5.69 Å². The van der Waals surface area contributed by atoms with Crippen molar-refractivity contribution in [1.82, 2.24) is 4.98 Å². The van der Waals surface area contributed by atoms with E-state index >= 15 is 0 Å². The van der Waals surface area contributed by atoms with Gasteiger partial charge in [0.1, 0.15) is 11.8 Å². The molecule has 1 aromatic rings. The fourth-order valence-corrected chi connectivity index (χ4v) is 2.86. The van der Waals surface area contributed by atoms with Gasteiger partial charge < -0.3 is 4.90 Å². The lowest BCUT2D eigenvalue weighted by atomic mass is 10.1. The van der Waals surface area contributed by atoms with E-state index in [-0.39, 0.29) is 0 Å². The van der Waals surface area contributed by atoms with Crippen LogP contribution in [-0.4, -0.2) is 17.6 Å². The van der Waals surface area contributed by atoms with Crippen LogP contribution in [0, 0.1) is 17.2 Å². The monoisotopic (exact) mass is 199 g/mol. The molecule has 1 aromatic heterocycles. The molecular weight excluding hydrogens is 186 g/mol. The van der Waals surface area contributed by atoms with Crippen molar-refractivity contribution in [3.8, 4) is 6.07 Å². The van der Waals surface area contributed by atoms with Crippen LogP contribution in [0.4, 0.5) is 5.69 Å². The highest BCUT2D eigenvalue weighted by molar-refractivity contribution is 5.48. The Balaban J connectivity index is 1.85. The van der Waals surface area contributed by atoms with E-state index in [4.69, 9.17) is 5.26 Å². The highest BCUT2D eigenvalue weighted by atomic mass is 15.2. The normalized spacial score (nSPS) is 28.1. The predicted octanol–water partition coefficient (Wildman–Crippen LogP) is 1.94. The number of aromatic nitrogens is 1. The molecule has 0 unspecified atom stereocenters. The SMILES string of the molecule is N#Cc1ccc(N2C[C@@H]3CC[C@H]2C3)cn1. The zero-order chi connectivity index (χ0) is 10.3. The molecular formula is C12H13N3. The molecule has 0 spiro atoms. The van der Waals surface area contributed by atoms with Gasteiger partial charge in [0.2, 0.25) is 0 Å². The number of nitrogens with zero attached hydrogens (tertiary/aromatic N) is 3. The van der Waals surface area contributed by atoms with Crippen LogP contribution in [0.25, 0.3) is 0 Å². The van der Waals surface area contributed by atoms with Crippen LogP contribution in [0.5, 0.6) is 0 Å². The highest BCUT2D eigenvalue weighted by Crippen LogP contribution is 2.39. The van der Waals surface area contributed by atoms with Gasteiger partial charge in [0.25, 0.3) is 0 Å². The number of hydrogen-bond donors (Lipinski definition) is 0. The molecule has 0 radical (unpaired) electrons. The lowest BCUT2D eigenvalue weighted by molar-refractivity contribution is 0.553. The maximum Gasteiger partial charge on any atom is 0.140 e. The summed E-state index contributed by atoms with van der Waals surface area (Å²) in [6.45, 7) is 1.18. The Labute approximate surface area is 89.3 Å². The standard InChI is InChI=1S/C12H13N3/c13-6-10-2-4-12(7-14-10)15-8-9-1-3-11(15)5-9/h2,4,7,9,11H,1,3,5,8H2/t9-,11+/m1/s1. The van der Waals surface area contributed by atoms with E-state index < -0.39 is 0 Å². The van der Waals surface area contributed by atoms with Crippen LogP contribution in [0.15, 0.2) is 18.3 Å². The fourth-order valence-electron chi connectivity index (χ4n) is 2.86. The van der Waals surface area contributed by atoms with Crippen LogP contribution in [0.2, 0.25) is 0 Å². The Morgan fingerprint density at radius 2 is 2.33 bits per heavy atom. The fraction of sp³-hybridized carbons (Fsp3) is 0.500. The average molecular weight is 199 g/mol. The molecule has 1 saturated carbocycles. The third-order valence-corrected chi connectivity index (χ3v) is 3.60. The summed E-state index contributed by atoms with van der Waals surface area (Å²) in [6.07, 6.45) is 5.90. The Morgan fingerprint density at radius 3 is 2.87 bits per heavy atom. The molecule has 0 aromatic carbocycles. The minimum absolute atomic E-state index is 0.503. The molecule has 2 fully saturated rings. The van der Waals surface area contributed by atoms with Gasteiger partial charge in [-0.3, -0.25) is 0 Å². The Bertz CT molecular complexity index is 404. The smallest absolute Gasteiger partial charge is 0.140 e. The number of anilines is 1. The van der Waals surface area contributed by atoms with Crippen LogP contribution in [0.3, 0.4) is 0 Å². The Kier molecular flexibility index (Phi) is 1.88. The van der Waals surface area contributed by atoms with E-state index in [1.165, 1.54) is 31.5 Å². The zero-order valence-corrected chi connectivity index (χ0v) is 8.56. The van der Waals surface area contributed by atoms with Crippen molar-refractivity contribution in [2.24, 2.45) is 5.92 Å². The first-order chi connectivity index (χ1) is 7.36. The van der Waals surface area contributed by atoms with Gasteiger partial charge in [-0.2, -0.15) is 5.26 Å². The maximum atomic E-state index is 8.67.